The smallest absolute Gasteiger partial charge is 0.241 e. The lowest BCUT2D eigenvalue weighted by Crippen LogP contribution is -2.40. The van der Waals surface area contributed by atoms with E-state index < -0.39 is 15.6 Å². The van der Waals surface area contributed by atoms with Crippen molar-refractivity contribution >= 4 is 38.9 Å². The summed E-state index contributed by atoms with van der Waals surface area (Å²) in [5.74, 6) is -0.229. The molecule has 0 radical (unpaired) electrons. The van der Waals surface area contributed by atoms with Crippen molar-refractivity contribution in [1.82, 2.24) is 10.0 Å². The van der Waals surface area contributed by atoms with Crippen molar-refractivity contribution in [2.24, 2.45) is 0 Å². The van der Waals surface area contributed by atoms with E-state index in [1.54, 1.807) is 32.9 Å². The van der Waals surface area contributed by atoms with Crippen LogP contribution in [0.2, 0.25) is 0 Å². The second-order valence-electron chi connectivity index (χ2n) is 7.04. The zero-order valence-electron chi connectivity index (χ0n) is 15.4. The van der Waals surface area contributed by atoms with E-state index in [0.717, 1.165) is 5.56 Å². The van der Waals surface area contributed by atoms with Crippen molar-refractivity contribution in [3.63, 3.8) is 0 Å². The summed E-state index contributed by atoms with van der Waals surface area (Å²) < 4.78 is 27.2. The predicted octanol–water partition coefficient (Wildman–Crippen LogP) is 2.82. The van der Waals surface area contributed by atoms with Gasteiger partial charge in [-0.1, -0.05) is 30.3 Å². The molecule has 0 atom stereocenters. The van der Waals surface area contributed by atoms with Crippen molar-refractivity contribution in [1.29, 1.82) is 0 Å². The second-order valence-corrected chi connectivity index (χ2v) is 9.14. The summed E-state index contributed by atoms with van der Waals surface area (Å²) in [6.45, 7) is 5.32. The Morgan fingerprint density at radius 1 is 1.00 bits per heavy atom. The lowest BCUT2D eigenvalue weighted by Gasteiger charge is -2.20. The highest BCUT2D eigenvalue weighted by Gasteiger charge is 2.21. The molecule has 0 aliphatic carbocycles. The third-order valence-electron chi connectivity index (χ3n) is 3.32. The molecule has 0 unspecified atom stereocenters. The van der Waals surface area contributed by atoms with Crippen LogP contribution in [-0.2, 0) is 21.2 Å². The topological polar surface area (TPSA) is 87.3 Å². The lowest BCUT2D eigenvalue weighted by molar-refractivity contribution is -0.119. The van der Waals surface area contributed by atoms with E-state index in [-0.39, 0.29) is 22.3 Å². The number of amides is 1. The lowest BCUT2D eigenvalue weighted by atomic mass is 10.1. The van der Waals surface area contributed by atoms with Crippen molar-refractivity contribution in [2.45, 2.75) is 37.6 Å². The van der Waals surface area contributed by atoms with Gasteiger partial charge in [0.25, 0.3) is 0 Å². The van der Waals surface area contributed by atoms with Gasteiger partial charge in [-0.2, -0.15) is 0 Å². The molecule has 3 N–H and O–H groups in total. The first-order chi connectivity index (χ1) is 12.5. The van der Waals surface area contributed by atoms with Crippen LogP contribution in [0.25, 0.3) is 0 Å². The number of rotatable bonds is 5. The number of benzene rings is 2. The Bertz CT molecular complexity index is 903. The van der Waals surface area contributed by atoms with Crippen molar-refractivity contribution in [3.05, 3.63) is 60.2 Å². The summed E-state index contributed by atoms with van der Waals surface area (Å²) in [6.07, 6.45) is 0.221. The van der Waals surface area contributed by atoms with Crippen LogP contribution in [0, 0.1) is 0 Å². The molecule has 2 aromatic rings. The van der Waals surface area contributed by atoms with Crippen LogP contribution in [0.3, 0.4) is 0 Å². The van der Waals surface area contributed by atoms with Crippen molar-refractivity contribution in [2.75, 3.05) is 5.32 Å². The van der Waals surface area contributed by atoms with Gasteiger partial charge >= 0.3 is 0 Å². The number of hydrogen-bond donors (Lipinski definition) is 3. The zero-order chi connectivity index (χ0) is 20.1. The molecule has 2 aromatic carbocycles. The summed E-state index contributed by atoms with van der Waals surface area (Å²) in [4.78, 5) is 12.2. The SMILES string of the molecule is CC(C)(C)NS(=O)(=O)c1ccc(NC(=S)NC(=O)Cc2ccccc2)cc1. The van der Waals surface area contributed by atoms with Crippen LogP contribution < -0.4 is 15.4 Å². The molecule has 0 spiro atoms. The maximum atomic E-state index is 12.3. The van der Waals surface area contributed by atoms with Gasteiger partial charge in [0.2, 0.25) is 15.9 Å². The fourth-order valence-electron chi connectivity index (χ4n) is 2.29. The average Bonchev–Trinajstić information content (AvgIpc) is 2.53. The van der Waals surface area contributed by atoms with Gasteiger partial charge < -0.3 is 10.6 Å². The van der Waals surface area contributed by atoms with Crippen LogP contribution >= 0.6 is 12.2 Å². The number of carbonyl (C=O) groups excluding carboxylic acids is 1. The minimum atomic E-state index is -3.60. The van der Waals surface area contributed by atoms with E-state index >= 15 is 0 Å². The van der Waals surface area contributed by atoms with Crippen molar-refractivity contribution in [3.8, 4) is 0 Å². The minimum Gasteiger partial charge on any atom is -0.332 e. The molecule has 0 aliphatic heterocycles. The van der Waals surface area contributed by atoms with Gasteiger partial charge in [-0.3, -0.25) is 4.79 Å². The molecule has 0 saturated carbocycles. The van der Waals surface area contributed by atoms with Gasteiger partial charge in [0.05, 0.1) is 11.3 Å². The monoisotopic (exact) mass is 405 g/mol. The first kappa shape index (κ1) is 21.0. The maximum Gasteiger partial charge on any atom is 0.241 e. The number of nitrogens with one attached hydrogen (secondary N) is 3. The maximum absolute atomic E-state index is 12.3. The summed E-state index contributed by atoms with van der Waals surface area (Å²) in [7, 11) is -3.60. The number of anilines is 1. The van der Waals surface area contributed by atoms with Crippen LogP contribution in [-0.4, -0.2) is 25.0 Å². The van der Waals surface area contributed by atoms with E-state index in [1.165, 1.54) is 12.1 Å². The molecular weight excluding hydrogens is 382 g/mol. The quantitative estimate of drug-likeness (QED) is 0.666. The summed E-state index contributed by atoms with van der Waals surface area (Å²) in [5.41, 5.74) is 0.897. The molecule has 0 bridgehead atoms. The predicted molar refractivity (Wildman–Crippen MR) is 111 cm³/mol. The Kier molecular flexibility index (Phi) is 6.69. The van der Waals surface area contributed by atoms with Gasteiger partial charge in [-0.05, 0) is 62.8 Å². The molecule has 144 valence electrons. The van der Waals surface area contributed by atoms with Crippen LogP contribution in [0.15, 0.2) is 59.5 Å². The van der Waals surface area contributed by atoms with E-state index in [0.29, 0.717) is 5.69 Å². The largest absolute Gasteiger partial charge is 0.332 e. The van der Waals surface area contributed by atoms with Crippen LogP contribution in [0.1, 0.15) is 26.3 Å². The normalized spacial score (nSPS) is 11.7. The fraction of sp³-hybridized carbons (Fsp3) is 0.263. The second kappa shape index (κ2) is 8.60. The minimum absolute atomic E-state index is 0.152. The Morgan fingerprint density at radius 3 is 2.15 bits per heavy atom. The molecule has 0 heterocycles. The summed E-state index contributed by atoms with van der Waals surface area (Å²) in [5, 5.41) is 5.63. The molecule has 27 heavy (non-hydrogen) atoms. The zero-order valence-corrected chi connectivity index (χ0v) is 17.1. The first-order valence-corrected chi connectivity index (χ1v) is 10.2. The Balaban J connectivity index is 1.94. The molecule has 0 fully saturated rings. The van der Waals surface area contributed by atoms with Crippen molar-refractivity contribution < 1.29 is 13.2 Å². The molecule has 0 saturated heterocycles. The Hall–Kier alpha value is -2.29. The van der Waals surface area contributed by atoms with Gasteiger partial charge in [0.1, 0.15) is 0 Å². The molecule has 0 aliphatic rings. The first-order valence-electron chi connectivity index (χ1n) is 8.34. The van der Waals surface area contributed by atoms with Gasteiger partial charge in [-0.25, -0.2) is 13.1 Å². The van der Waals surface area contributed by atoms with E-state index in [9.17, 15) is 13.2 Å². The van der Waals surface area contributed by atoms with Crippen LogP contribution in [0.5, 0.6) is 0 Å². The third-order valence-corrected chi connectivity index (χ3v) is 5.30. The molecule has 1 amide bonds. The molecule has 2 rings (SSSR count). The van der Waals surface area contributed by atoms with Gasteiger partial charge in [0.15, 0.2) is 5.11 Å². The summed E-state index contributed by atoms with van der Waals surface area (Å²) >= 11 is 5.13. The highest BCUT2D eigenvalue weighted by molar-refractivity contribution is 7.89. The number of sulfonamides is 1. The van der Waals surface area contributed by atoms with E-state index in [1.807, 2.05) is 30.3 Å². The Morgan fingerprint density at radius 2 is 1.59 bits per heavy atom. The highest BCUT2D eigenvalue weighted by atomic mass is 32.2. The van der Waals surface area contributed by atoms with Gasteiger partial charge in [0, 0.05) is 11.2 Å². The number of hydrogen-bond acceptors (Lipinski definition) is 4. The van der Waals surface area contributed by atoms with Gasteiger partial charge in [-0.15, -0.1) is 0 Å². The number of thiocarbonyl (C=S) groups is 1. The fourth-order valence-corrected chi connectivity index (χ4v) is 3.94. The highest BCUT2D eigenvalue weighted by Crippen LogP contribution is 2.16. The van der Waals surface area contributed by atoms with E-state index in [2.05, 4.69) is 15.4 Å². The Labute approximate surface area is 165 Å². The molecule has 6 nitrogen and oxygen atoms in total. The molecule has 8 heteroatoms. The average molecular weight is 406 g/mol. The molecule has 0 aromatic heterocycles. The summed E-state index contributed by atoms with van der Waals surface area (Å²) in [6, 6.07) is 15.5. The van der Waals surface area contributed by atoms with Crippen LogP contribution in [0.4, 0.5) is 5.69 Å². The number of carbonyl (C=O) groups is 1. The standard InChI is InChI=1S/C19H23N3O3S2/c1-19(2,3)22-27(24,25)16-11-9-15(10-12-16)20-18(26)21-17(23)13-14-7-5-4-6-8-14/h4-12,22H,13H2,1-3H3,(H2,20,21,23,26). The molecular formula is C19H23N3O3S2. The third kappa shape index (κ3) is 7.09. The van der Waals surface area contributed by atoms with E-state index in [4.69, 9.17) is 12.2 Å².